The van der Waals surface area contributed by atoms with Crippen LogP contribution in [-0.4, -0.2) is 9.55 Å². The van der Waals surface area contributed by atoms with Crippen LogP contribution in [0.5, 0.6) is 0 Å². The lowest BCUT2D eigenvalue weighted by Crippen LogP contribution is -1.98. The summed E-state index contributed by atoms with van der Waals surface area (Å²) in [5, 5.41) is 9.74. The van der Waals surface area contributed by atoms with Crippen LogP contribution < -0.4 is 0 Å². The molecule has 1 heterocycles. The molecule has 3 aromatic rings. The van der Waals surface area contributed by atoms with Gasteiger partial charge in [0.1, 0.15) is 11.9 Å². The molecule has 6 heteroatoms. The molecule has 0 amide bonds. The molecule has 98 valence electrons. The summed E-state index contributed by atoms with van der Waals surface area (Å²) < 4.78 is 15.3. The maximum Gasteiger partial charge on any atom is 0.182 e. The first-order valence-corrected chi connectivity index (χ1v) is 6.49. The molecule has 0 radical (unpaired) electrons. The van der Waals surface area contributed by atoms with Crippen LogP contribution in [-0.2, 0) is 0 Å². The number of hydrogen-bond acceptors (Lipinski definition) is 2. The van der Waals surface area contributed by atoms with Crippen LogP contribution in [0.2, 0.25) is 5.02 Å². The third kappa shape index (κ3) is 1.99. The Balaban J connectivity index is 2.39. The average molecular weight is 304 g/mol. The van der Waals surface area contributed by atoms with E-state index in [1.807, 2.05) is 6.07 Å². The van der Waals surface area contributed by atoms with Gasteiger partial charge in [0.15, 0.2) is 4.77 Å². The maximum absolute atomic E-state index is 13.2. The van der Waals surface area contributed by atoms with E-state index in [0.717, 1.165) is 11.0 Å². The molecule has 0 bridgehead atoms. The van der Waals surface area contributed by atoms with Crippen molar-refractivity contribution in [3.8, 4) is 11.8 Å². The van der Waals surface area contributed by atoms with Crippen molar-refractivity contribution in [3.05, 3.63) is 57.6 Å². The predicted molar refractivity (Wildman–Crippen MR) is 78.1 cm³/mol. The molecule has 0 saturated carbocycles. The Bertz CT molecular complexity index is 920. The van der Waals surface area contributed by atoms with Gasteiger partial charge in [0.05, 0.1) is 22.3 Å². The van der Waals surface area contributed by atoms with Crippen molar-refractivity contribution < 1.29 is 4.39 Å². The Hall–Kier alpha value is -2.16. The molecule has 0 spiro atoms. The zero-order valence-corrected chi connectivity index (χ0v) is 11.6. The van der Waals surface area contributed by atoms with E-state index in [1.54, 1.807) is 22.8 Å². The molecule has 3 rings (SSSR count). The molecule has 3 nitrogen and oxygen atoms in total. The fourth-order valence-corrected chi connectivity index (χ4v) is 2.59. The Kier molecular flexibility index (Phi) is 3.05. The Labute approximate surface area is 123 Å². The van der Waals surface area contributed by atoms with E-state index in [4.69, 9.17) is 29.1 Å². The number of halogens is 2. The van der Waals surface area contributed by atoms with E-state index >= 15 is 0 Å². The third-order valence-corrected chi connectivity index (χ3v) is 3.48. The van der Waals surface area contributed by atoms with Gasteiger partial charge in [0.25, 0.3) is 0 Å². The molecule has 0 atom stereocenters. The number of aromatic amines is 1. The number of H-pyrrole nitrogens is 1. The zero-order chi connectivity index (χ0) is 14.3. The van der Waals surface area contributed by atoms with E-state index in [9.17, 15) is 4.39 Å². The van der Waals surface area contributed by atoms with E-state index < -0.39 is 5.82 Å². The number of imidazole rings is 1. The molecule has 1 N–H and O–H groups in total. The number of nitriles is 1. The predicted octanol–water partition coefficient (Wildman–Crippen LogP) is 4.35. The van der Waals surface area contributed by atoms with Gasteiger partial charge in [0, 0.05) is 5.02 Å². The quantitative estimate of drug-likeness (QED) is 0.679. The summed E-state index contributed by atoms with van der Waals surface area (Å²) in [6.07, 6.45) is 0. The van der Waals surface area contributed by atoms with Crippen molar-refractivity contribution >= 4 is 34.9 Å². The van der Waals surface area contributed by atoms with Crippen LogP contribution in [0.1, 0.15) is 5.56 Å². The molecule has 20 heavy (non-hydrogen) atoms. The van der Waals surface area contributed by atoms with Gasteiger partial charge in [-0.3, -0.25) is 4.57 Å². The van der Waals surface area contributed by atoms with E-state index in [0.29, 0.717) is 15.5 Å². The van der Waals surface area contributed by atoms with Crippen molar-refractivity contribution in [1.29, 1.82) is 5.26 Å². The monoisotopic (exact) mass is 303 g/mol. The highest BCUT2D eigenvalue weighted by molar-refractivity contribution is 7.71. The van der Waals surface area contributed by atoms with Crippen molar-refractivity contribution in [3.63, 3.8) is 0 Å². The first-order valence-electron chi connectivity index (χ1n) is 5.70. The highest BCUT2D eigenvalue weighted by Gasteiger charge is 2.11. The number of aromatic nitrogens is 2. The van der Waals surface area contributed by atoms with Gasteiger partial charge in [-0.25, -0.2) is 4.39 Å². The van der Waals surface area contributed by atoms with Gasteiger partial charge in [0.2, 0.25) is 0 Å². The molecule has 1 aromatic heterocycles. The molecular formula is C14H7ClFN3S. The minimum Gasteiger partial charge on any atom is -0.330 e. The van der Waals surface area contributed by atoms with Crippen LogP contribution in [0.15, 0.2) is 36.4 Å². The number of benzene rings is 2. The second kappa shape index (κ2) is 4.75. The lowest BCUT2D eigenvalue weighted by Gasteiger charge is -2.06. The molecule has 0 aliphatic rings. The maximum atomic E-state index is 13.2. The summed E-state index contributed by atoms with van der Waals surface area (Å²) >= 11 is 11.2. The first-order chi connectivity index (χ1) is 9.60. The van der Waals surface area contributed by atoms with Gasteiger partial charge in [-0.05, 0) is 48.6 Å². The SMILES string of the molecule is N#Cc1cc(F)ccc1-n1c(=S)[nH]c2cc(Cl)ccc21. The fourth-order valence-electron chi connectivity index (χ4n) is 2.12. The summed E-state index contributed by atoms with van der Waals surface area (Å²) in [5.41, 5.74) is 2.29. The summed E-state index contributed by atoms with van der Waals surface area (Å²) in [6, 6.07) is 11.3. The van der Waals surface area contributed by atoms with Crippen molar-refractivity contribution in [1.82, 2.24) is 9.55 Å². The molecule has 2 aromatic carbocycles. The van der Waals surface area contributed by atoms with Crippen LogP contribution >= 0.6 is 23.8 Å². The molecule has 0 fully saturated rings. The van der Waals surface area contributed by atoms with E-state index in [-0.39, 0.29) is 5.56 Å². The topological polar surface area (TPSA) is 44.5 Å². The molecule has 0 aliphatic heterocycles. The van der Waals surface area contributed by atoms with Crippen molar-refractivity contribution in [2.24, 2.45) is 0 Å². The lowest BCUT2D eigenvalue weighted by atomic mass is 10.2. The Morgan fingerprint density at radius 2 is 2.05 bits per heavy atom. The number of nitrogens with zero attached hydrogens (tertiary/aromatic N) is 2. The Morgan fingerprint density at radius 3 is 2.80 bits per heavy atom. The largest absolute Gasteiger partial charge is 0.330 e. The highest BCUT2D eigenvalue weighted by atomic mass is 35.5. The first kappa shape index (κ1) is 12.9. The van der Waals surface area contributed by atoms with Crippen LogP contribution in [0.4, 0.5) is 4.39 Å². The second-order valence-corrected chi connectivity index (χ2v) is 5.02. The van der Waals surface area contributed by atoms with Crippen molar-refractivity contribution in [2.75, 3.05) is 0 Å². The molecule has 0 saturated heterocycles. The summed E-state index contributed by atoms with van der Waals surface area (Å²) in [5.74, 6) is -0.459. The average Bonchev–Trinajstić information content (AvgIpc) is 2.73. The van der Waals surface area contributed by atoms with Crippen LogP contribution in [0.3, 0.4) is 0 Å². The van der Waals surface area contributed by atoms with E-state index in [2.05, 4.69) is 4.98 Å². The second-order valence-electron chi connectivity index (χ2n) is 4.20. The highest BCUT2D eigenvalue weighted by Crippen LogP contribution is 2.24. The van der Waals surface area contributed by atoms with Gasteiger partial charge < -0.3 is 4.98 Å². The lowest BCUT2D eigenvalue weighted by molar-refractivity contribution is 0.627. The van der Waals surface area contributed by atoms with Gasteiger partial charge in [-0.1, -0.05) is 11.6 Å². The van der Waals surface area contributed by atoms with Gasteiger partial charge in [-0.2, -0.15) is 5.26 Å². The van der Waals surface area contributed by atoms with Gasteiger partial charge in [-0.15, -0.1) is 0 Å². The third-order valence-electron chi connectivity index (χ3n) is 2.96. The van der Waals surface area contributed by atoms with Crippen LogP contribution in [0.25, 0.3) is 16.7 Å². The molecule has 0 aliphatic carbocycles. The summed E-state index contributed by atoms with van der Waals surface area (Å²) in [6.45, 7) is 0. The fraction of sp³-hybridized carbons (Fsp3) is 0. The number of hydrogen-bond donors (Lipinski definition) is 1. The minimum absolute atomic E-state index is 0.219. The smallest absolute Gasteiger partial charge is 0.182 e. The number of rotatable bonds is 1. The Morgan fingerprint density at radius 1 is 1.25 bits per heavy atom. The standard InChI is InChI=1S/C14H7ClFN3S/c15-9-1-3-13-11(6-9)18-14(20)19(13)12-4-2-10(16)5-8(12)7-17/h1-6H,(H,18,20). The summed E-state index contributed by atoms with van der Waals surface area (Å²) in [4.78, 5) is 3.02. The van der Waals surface area contributed by atoms with Crippen LogP contribution in [0, 0.1) is 21.9 Å². The molecular weight excluding hydrogens is 297 g/mol. The molecule has 0 unspecified atom stereocenters. The minimum atomic E-state index is -0.459. The summed E-state index contributed by atoms with van der Waals surface area (Å²) in [7, 11) is 0. The number of fused-ring (bicyclic) bond motifs is 1. The normalized spacial score (nSPS) is 10.7. The van der Waals surface area contributed by atoms with E-state index in [1.165, 1.54) is 18.2 Å². The van der Waals surface area contributed by atoms with Crippen molar-refractivity contribution in [2.45, 2.75) is 0 Å². The van der Waals surface area contributed by atoms with Gasteiger partial charge >= 0.3 is 0 Å². The zero-order valence-electron chi connectivity index (χ0n) is 10.0. The number of nitrogens with one attached hydrogen (secondary N) is 1.